The summed E-state index contributed by atoms with van der Waals surface area (Å²) in [5.41, 5.74) is 2.05. The first kappa shape index (κ1) is 16.8. The van der Waals surface area contributed by atoms with Crippen molar-refractivity contribution in [3.63, 3.8) is 0 Å². The monoisotopic (exact) mass is 385 g/mol. The minimum atomic E-state index is -0.307. The van der Waals surface area contributed by atoms with Crippen LogP contribution in [0.2, 0.25) is 0 Å². The van der Waals surface area contributed by atoms with Gasteiger partial charge in [0.05, 0.1) is 23.2 Å². The number of anilines is 2. The molecule has 6 rings (SSSR count). The SMILES string of the molecule is CNc1nc(N2CCCC2)cc(-n2ncc3ccc(C4(C#N)CC45CC5)cc32)n1. The van der Waals surface area contributed by atoms with Gasteiger partial charge in [-0.25, -0.2) is 4.68 Å². The van der Waals surface area contributed by atoms with E-state index in [1.165, 1.54) is 25.7 Å². The maximum Gasteiger partial charge on any atom is 0.226 e. The second kappa shape index (κ2) is 5.69. The molecule has 3 fully saturated rings. The number of aromatic nitrogens is 4. The van der Waals surface area contributed by atoms with E-state index in [2.05, 4.69) is 49.6 Å². The molecule has 1 aromatic carbocycles. The zero-order valence-corrected chi connectivity index (χ0v) is 16.5. The van der Waals surface area contributed by atoms with E-state index < -0.39 is 0 Å². The Bertz CT molecular complexity index is 1160. The van der Waals surface area contributed by atoms with E-state index in [0.29, 0.717) is 5.95 Å². The van der Waals surface area contributed by atoms with Crippen LogP contribution in [0.25, 0.3) is 16.7 Å². The predicted molar refractivity (Wildman–Crippen MR) is 111 cm³/mol. The highest BCUT2D eigenvalue weighted by Gasteiger charge is 2.75. The Morgan fingerprint density at radius 3 is 2.59 bits per heavy atom. The summed E-state index contributed by atoms with van der Waals surface area (Å²) in [7, 11) is 1.84. The van der Waals surface area contributed by atoms with Crippen LogP contribution >= 0.6 is 0 Å². The van der Waals surface area contributed by atoms with Crippen molar-refractivity contribution in [3.8, 4) is 11.9 Å². The molecule has 0 radical (unpaired) electrons. The molecular formula is C22H23N7. The van der Waals surface area contributed by atoms with Crippen LogP contribution in [0.15, 0.2) is 30.5 Å². The molecule has 3 aromatic rings. The second-order valence-electron chi connectivity index (χ2n) is 8.66. The van der Waals surface area contributed by atoms with Crippen molar-refractivity contribution in [2.24, 2.45) is 5.41 Å². The van der Waals surface area contributed by atoms with Gasteiger partial charge in [-0.05, 0) is 49.1 Å². The van der Waals surface area contributed by atoms with Crippen molar-refractivity contribution in [2.45, 2.75) is 37.5 Å². The van der Waals surface area contributed by atoms with Gasteiger partial charge in [-0.2, -0.15) is 20.3 Å². The lowest BCUT2D eigenvalue weighted by atomic mass is 9.93. The fourth-order valence-electron chi connectivity index (χ4n) is 5.07. The van der Waals surface area contributed by atoms with E-state index in [1.54, 1.807) is 0 Å². The zero-order chi connectivity index (χ0) is 19.6. The van der Waals surface area contributed by atoms with Crippen LogP contribution in [-0.2, 0) is 5.41 Å². The lowest BCUT2D eigenvalue weighted by molar-refractivity contribution is 0.737. The maximum absolute atomic E-state index is 9.91. The summed E-state index contributed by atoms with van der Waals surface area (Å²) in [5, 5.41) is 18.7. The minimum Gasteiger partial charge on any atom is -0.357 e. The number of rotatable bonds is 4. The van der Waals surface area contributed by atoms with Crippen LogP contribution in [-0.4, -0.2) is 39.9 Å². The maximum atomic E-state index is 9.91. The molecule has 3 heterocycles. The highest BCUT2D eigenvalue weighted by molar-refractivity contribution is 5.82. The van der Waals surface area contributed by atoms with Crippen molar-refractivity contribution in [3.05, 3.63) is 36.0 Å². The summed E-state index contributed by atoms with van der Waals surface area (Å²) in [5.74, 6) is 2.28. The van der Waals surface area contributed by atoms with Crippen LogP contribution in [0.5, 0.6) is 0 Å². The average molecular weight is 385 g/mol. The van der Waals surface area contributed by atoms with Crippen LogP contribution < -0.4 is 10.2 Å². The highest BCUT2D eigenvalue weighted by Crippen LogP contribution is 2.78. The average Bonchev–Trinajstić information content (AvgIpc) is 3.49. The molecule has 2 aromatic heterocycles. The lowest BCUT2D eigenvalue weighted by Gasteiger charge is -2.18. The van der Waals surface area contributed by atoms with Crippen molar-refractivity contribution >= 4 is 22.7 Å². The Labute approximate surface area is 169 Å². The summed E-state index contributed by atoms with van der Waals surface area (Å²) in [6, 6.07) is 11.0. The molecule has 3 aliphatic rings. The van der Waals surface area contributed by atoms with E-state index in [4.69, 9.17) is 0 Å². The highest BCUT2D eigenvalue weighted by atomic mass is 15.3. The molecule has 146 valence electrons. The molecule has 0 amide bonds. The van der Waals surface area contributed by atoms with Gasteiger partial charge >= 0.3 is 0 Å². The summed E-state index contributed by atoms with van der Waals surface area (Å²) >= 11 is 0. The molecule has 2 aliphatic carbocycles. The Morgan fingerprint density at radius 2 is 1.90 bits per heavy atom. The number of benzene rings is 1. The number of nitriles is 1. The van der Waals surface area contributed by atoms with E-state index in [1.807, 2.05) is 24.0 Å². The smallest absolute Gasteiger partial charge is 0.226 e. The number of hydrogen-bond donors (Lipinski definition) is 1. The van der Waals surface area contributed by atoms with Crippen LogP contribution in [0, 0.1) is 16.7 Å². The third-order valence-electron chi connectivity index (χ3n) is 7.06. The molecule has 1 spiro atoms. The van der Waals surface area contributed by atoms with Gasteiger partial charge in [0.2, 0.25) is 5.95 Å². The van der Waals surface area contributed by atoms with Gasteiger partial charge in [-0.3, -0.25) is 0 Å². The third kappa shape index (κ3) is 2.32. The Hall–Kier alpha value is -3.14. The first-order valence-electron chi connectivity index (χ1n) is 10.4. The fraction of sp³-hybridized carbons (Fsp3) is 0.455. The number of fused-ring (bicyclic) bond motifs is 1. The van der Waals surface area contributed by atoms with Crippen molar-refractivity contribution in [1.29, 1.82) is 5.26 Å². The van der Waals surface area contributed by atoms with Crippen LogP contribution in [0.4, 0.5) is 11.8 Å². The van der Waals surface area contributed by atoms with Gasteiger partial charge in [0.15, 0.2) is 5.82 Å². The van der Waals surface area contributed by atoms with Crippen LogP contribution in [0.1, 0.15) is 37.7 Å². The Balaban J connectivity index is 1.47. The van der Waals surface area contributed by atoms with E-state index in [9.17, 15) is 5.26 Å². The molecule has 1 aliphatic heterocycles. The van der Waals surface area contributed by atoms with Gasteiger partial charge in [-0.15, -0.1) is 0 Å². The van der Waals surface area contributed by atoms with Crippen molar-refractivity contribution in [2.75, 3.05) is 30.4 Å². The molecule has 2 saturated carbocycles. The predicted octanol–water partition coefficient (Wildman–Crippen LogP) is 3.40. The first-order valence-corrected chi connectivity index (χ1v) is 10.4. The molecule has 1 unspecified atom stereocenters. The summed E-state index contributed by atoms with van der Waals surface area (Å²) < 4.78 is 1.88. The molecule has 7 heteroatoms. The van der Waals surface area contributed by atoms with Crippen LogP contribution in [0.3, 0.4) is 0 Å². The first-order chi connectivity index (χ1) is 14.2. The summed E-state index contributed by atoms with van der Waals surface area (Å²) in [6.45, 7) is 2.05. The summed E-state index contributed by atoms with van der Waals surface area (Å²) in [4.78, 5) is 11.6. The minimum absolute atomic E-state index is 0.247. The quantitative estimate of drug-likeness (QED) is 0.741. The fourth-order valence-corrected chi connectivity index (χ4v) is 5.07. The lowest BCUT2D eigenvalue weighted by Crippen LogP contribution is -2.20. The number of hydrogen-bond acceptors (Lipinski definition) is 6. The molecule has 1 N–H and O–H groups in total. The van der Waals surface area contributed by atoms with E-state index in [0.717, 1.165) is 47.6 Å². The largest absolute Gasteiger partial charge is 0.357 e. The van der Waals surface area contributed by atoms with Gasteiger partial charge in [0.25, 0.3) is 0 Å². The van der Waals surface area contributed by atoms with Crippen molar-refractivity contribution in [1.82, 2.24) is 19.7 Å². The van der Waals surface area contributed by atoms with Gasteiger partial charge in [-0.1, -0.05) is 12.1 Å². The number of nitrogens with one attached hydrogen (secondary N) is 1. The van der Waals surface area contributed by atoms with Gasteiger partial charge < -0.3 is 10.2 Å². The summed E-state index contributed by atoms with van der Waals surface area (Å²) in [6.07, 6.45) is 7.60. The van der Waals surface area contributed by atoms with Gasteiger partial charge in [0.1, 0.15) is 5.82 Å². The van der Waals surface area contributed by atoms with E-state index >= 15 is 0 Å². The number of nitrogens with zero attached hydrogens (tertiary/aromatic N) is 6. The molecule has 29 heavy (non-hydrogen) atoms. The normalized spacial score (nSPS) is 24.1. The molecule has 7 nitrogen and oxygen atoms in total. The third-order valence-corrected chi connectivity index (χ3v) is 7.06. The Morgan fingerprint density at radius 1 is 1.10 bits per heavy atom. The van der Waals surface area contributed by atoms with Crippen molar-refractivity contribution < 1.29 is 0 Å². The molecule has 0 bridgehead atoms. The van der Waals surface area contributed by atoms with Gasteiger partial charge in [0, 0.05) is 31.6 Å². The van der Waals surface area contributed by atoms with E-state index in [-0.39, 0.29) is 10.8 Å². The topological polar surface area (TPSA) is 82.7 Å². The zero-order valence-electron chi connectivity index (χ0n) is 16.5. The standard InChI is InChI=1S/C22H23N7/c1-24-20-26-18(28-8-2-3-9-28)11-19(27-20)29-17-10-16(5-4-15(17)12-25-29)22(14-23)13-21(22)6-7-21/h4-5,10-12H,2-3,6-9,13H2,1H3,(H,24,26,27). The second-order valence-corrected chi connectivity index (χ2v) is 8.66. The Kier molecular flexibility index (Phi) is 3.29. The molecular weight excluding hydrogens is 362 g/mol. The molecule has 1 saturated heterocycles. The molecule has 1 atom stereocenters.